The van der Waals surface area contributed by atoms with E-state index in [1.165, 1.54) is 0 Å². The first-order chi connectivity index (χ1) is 12.0. The van der Waals surface area contributed by atoms with Gasteiger partial charge < -0.3 is 9.30 Å². The van der Waals surface area contributed by atoms with Crippen molar-refractivity contribution in [2.75, 3.05) is 6.61 Å². The quantitative estimate of drug-likeness (QED) is 0.390. The first-order valence-corrected chi connectivity index (χ1v) is 8.51. The molecular formula is C20H22N2O3. The van der Waals surface area contributed by atoms with E-state index < -0.39 is 0 Å². The molecule has 5 heteroatoms. The predicted octanol–water partition coefficient (Wildman–Crippen LogP) is 3.71. The molecule has 0 spiro atoms. The number of aromatic nitrogens is 2. The molecule has 2 heterocycles. The molecule has 3 aromatic rings. The molecular weight excluding hydrogens is 316 g/mol. The molecule has 0 bridgehead atoms. The van der Waals surface area contributed by atoms with Gasteiger partial charge in [0, 0.05) is 30.9 Å². The summed E-state index contributed by atoms with van der Waals surface area (Å²) < 4.78 is 7.41. The number of nitrogens with zero attached hydrogens (tertiary/aromatic N) is 2. The van der Waals surface area contributed by atoms with Gasteiger partial charge in [-0.2, -0.15) is 0 Å². The van der Waals surface area contributed by atoms with E-state index in [-0.39, 0.29) is 5.56 Å². The maximum atomic E-state index is 12.6. The highest BCUT2D eigenvalue weighted by Gasteiger charge is 2.13. The smallest absolute Gasteiger partial charge is 0.260 e. The zero-order chi connectivity index (χ0) is 18.0. The van der Waals surface area contributed by atoms with E-state index in [0.29, 0.717) is 29.2 Å². The van der Waals surface area contributed by atoms with Crippen LogP contribution in [0.4, 0.5) is 0 Å². The van der Waals surface area contributed by atoms with E-state index in [1.807, 2.05) is 0 Å². The Balaban J connectivity index is 2.11. The van der Waals surface area contributed by atoms with Gasteiger partial charge in [-0.15, -0.1) is 0 Å². The molecule has 0 atom stereocenters. The molecule has 0 saturated heterocycles. The molecule has 5 nitrogen and oxygen atoms in total. The minimum atomic E-state index is -0.111. The summed E-state index contributed by atoms with van der Waals surface area (Å²) in [5.74, 6) is 1.14. The summed E-state index contributed by atoms with van der Waals surface area (Å²) in [7, 11) is 1.72. The minimum absolute atomic E-state index is 0.111. The van der Waals surface area contributed by atoms with E-state index in [0.717, 1.165) is 35.4 Å². The highest BCUT2D eigenvalue weighted by atomic mass is 16.5. The van der Waals surface area contributed by atoms with Crippen LogP contribution in [0.25, 0.3) is 21.7 Å². The maximum Gasteiger partial charge on any atom is 0.260 e. The van der Waals surface area contributed by atoms with E-state index >= 15 is 0 Å². The van der Waals surface area contributed by atoms with Gasteiger partial charge >= 0.3 is 0 Å². The molecule has 0 aliphatic carbocycles. The predicted molar refractivity (Wildman–Crippen MR) is 99.4 cm³/mol. The molecule has 0 aliphatic rings. The third-order valence-electron chi connectivity index (χ3n) is 4.45. The minimum Gasteiger partial charge on any atom is -0.493 e. The summed E-state index contributed by atoms with van der Waals surface area (Å²) in [6.07, 6.45) is 6.01. The molecule has 130 valence electrons. The second kappa shape index (κ2) is 7.05. The van der Waals surface area contributed by atoms with Crippen molar-refractivity contribution >= 4 is 28.0 Å². The highest BCUT2D eigenvalue weighted by molar-refractivity contribution is 6.07. The van der Waals surface area contributed by atoms with Gasteiger partial charge in [-0.1, -0.05) is 13.8 Å². The van der Waals surface area contributed by atoms with Crippen molar-refractivity contribution in [1.82, 2.24) is 9.55 Å². The van der Waals surface area contributed by atoms with Crippen molar-refractivity contribution in [3.05, 3.63) is 46.5 Å². The first-order valence-electron chi connectivity index (χ1n) is 8.51. The number of rotatable bonds is 6. The fourth-order valence-corrected chi connectivity index (χ4v) is 3.06. The van der Waals surface area contributed by atoms with E-state index in [1.54, 1.807) is 42.2 Å². The molecule has 0 amide bonds. The van der Waals surface area contributed by atoms with Gasteiger partial charge in [0.2, 0.25) is 0 Å². The molecule has 1 aromatic carbocycles. The van der Waals surface area contributed by atoms with Gasteiger partial charge in [-0.3, -0.25) is 14.6 Å². The van der Waals surface area contributed by atoms with Crippen LogP contribution in [-0.4, -0.2) is 22.4 Å². The molecule has 3 rings (SSSR count). The summed E-state index contributed by atoms with van der Waals surface area (Å²) in [4.78, 5) is 28.1. The fourth-order valence-electron chi connectivity index (χ4n) is 3.06. The molecule has 2 aromatic heterocycles. The zero-order valence-electron chi connectivity index (χ0n) is 14.8. The number of carbonyl (C=O) groups is 1. The van der Waals surface area contributed by atoms with Crippen molar-refractivity contribution in [2.24, 2.45) is 13.0 Å². The van der Waals surface area contributed by atoms with E-state index in [2.05, 4.69) is 18.8 Å². The van der Waals surface area contributed by atoms with Gasteiger partial charge in [0.05, 0.1) is 23.1 Å². The third kappa shape index (κ3) is 3.27. The van der Waals surface area contributed by atoms with Gasteiger partial charge in [0.25, 0.3) is 5.56 Å². The lowest BCUT2D eigenvalue weighted by Gasteiger charge is -2.14. The molecule has 0 radical (unpaired) electrons. The number of ether oxygens (including phenoxy) is 1. The Morgan fingerprint density at radius 3 is 2.76 bits per heavy atom. The lowest BCUT2D eigenvalue weighted by atomic mass is 10.0. The normalized spacial score (nSPS) is 11.4. The second-order valence-electron chi connectivity index (χ2n) is 6.69. The number of pyridine rings is 2. The van der Waals surface area contributed by atoms with Crippen molar-refractivity contribution < 1.29 is 9.53 Å². The summed E-state index contributed by atoms with van der Waals surface area (Å²) in [6.45, 7) is 4.89. The summed E-state index contributed by atoms with van der Waals surface area (Å²) in [6, 6.07) is 5.38. The summed E-state index contributed by atoms with van der Waals surface area (Å²) in [5, 5.41) is 2.18. The number of benzene rings is 1. The topological polar surface area (TPSA) is 61.2 Å². The van der Waals surface area contributed by atoms with Gasteiger partial charge in [0.1, 0.15) is 5.75 Å². The Morgan fingerprint density at radius 1 is 1.24 bits per heavy atom. The van der Waals surface area contributed by atoms with E-state index in [4.69, 9.17) is 4.74 Å². The zero-order valence-corrected chi connectivity index (χ0v) is 14.8. The third-order valence-corrected chi connectivity index (χ3v) is 4.45. The maximum absolute atomic E-state index is 12.6. The fraction of sp³-hybridized carbons (Fsp3) is 0.350. The molecule has 0 unspecified atom stereocenters. The summed E-state index contributed by atoms with van der Waals surface area (Å²) >= 11 is 0. The second-order valence-corrected chi connectivity index (χ2v) is 6.69. The van der Waals surface area contributed by atoms with Gasteiger partial charge in [0.15, 0.2) is 6.29 Å². The van der Waals surface area contributed by atoms with Crippen LogP contribution in [0.2, 0.25) is 0 Å². The van der Waals surface area contributed by atoms with Crippen LogP contribution < -0.4 is 10.3 Å². The highest BCUT2D eigenvalue weighted by Crippen LogP contribution is 2.29. The van der Waals surface area contributed by atoms with Crippen LogP contribution in [0.5, 0.6) is 5.75 Å². The van der Waals surface area contributed by atoms with Crippen LogP contribution >= 0.6 is 0 Å². The van der Waals surface area contributed by atoms with Crippen LogP contribution in [0.3, 0.4) is 0 Å². The lowest BCUT2D eigenvalue weighted by Crippen LogP contribution is -2.17. The van der Waals surface area contributed by atoms with Crippen LogP contribution in [0.15, 0.2) is 35.4 Å². The number of carbonyl (C=O) groups excluding carboxylic acids is 1. The SMILES string of the molecule is CC(C)CCCOc1cc2c(cc1C=O)c1ccncc1c(=O)n2C. The largest absolute Gasteiger partial charge is 0.493 e. The molecule has 0 aliphatic heterocycles. The van der Waals surface area contributed by atoms with Crippen molar-refractivity contribution in [3.8, 4) is 5.75 Å². The van der Waals surface area contributed by atoms with Crippen LogP contribution in [-0.2, 0) is 7.05 Å². The molecule has 25 heavy (non-hydrogen) atoms. The van der Waals surface area contributed by atoms with Crippen molar-refractivity contribution in [1.29, 1.82) is 0 Å². The lowest BCUT2D eigenvalue weighted by molar-refractivity contribution is 0.111. The number of aryl methyl sites for hydroxylation is 1. The van der Waals surface area contributed by atoms with E-state index in [9.17, 15) is 9.59 Å². The number of hydrogen-bond donors (Lipinski definition) is 0. The molecule has 0 fully saturated rings. The number of aldehydes is 1. The monoisotopic (exact) mass is 338 g/mol. The van der Waals surface area contributed by atoms with Gasteiger partial charge in [-0.05, 0) is 36.3 Å². The van der Waals surface area contributed by atoms with Gasteiger partial charge in [-0.25, -0.2) is 0 Å². The van der Waals surface area contributed by atoms with Crippen LogP contribution in [0.1, 0.15) is 37.0 Å². The summed E-state index contributed by atoms with van der Waals surface area (Å²) in [5.41, 5.74) is 1.13. The number of hydrogen-bond acceptors (Lipinski definition) is 4. The average Bonchev–Trinajstić information content (AvgIpc) is 2.62. The van der Waals surface area contributed by atoms with Crippen molar-refractivity contribution in [3.63, 3.8) is 0 Å². The van der Waals surface area contributed by atoms with Crippen LogP contribution in [0, 0.1) is 5.92 Å². The molecule has 0 N–H and O–H groups in total. The Morgan fingerprint density at radius 2 is 2.04 bits per heavy atom. The Hall–Kier alpha value is -2.69. The average molecular weight is 338 g/mol. The number of fused-ring (bicyclic) bond motifs is 3. The van der Waals surface area contributed by atoms with Crippen molar-refractivity contribution in [2.45, 2.75) is 26.7 Å². The standard InChI is InChI=1S/C20H22N2O3/c1-13(2)5-4-8-25-19-10-18-16(9-14(19)12-23)15-6-7-21-11-17(15)20(24)22(18)3/h6-7,9-13H,4-5,8H2,1-3H3. The first kappa shape index (κ1) is 17.1. The molecule has 0 saturated carbocycles. The Bertz CT molecular complexity index is 990. The Labute approximate surface area is 146 Å². The Kier molecular flexibility index (Phi) is 4.83.